The first-order chi connectivity index (χ1) is 10.8. The third kappa shape index (κ3) is 2.57. The fraction of sp³-hybridized carbons (Fsp3) is 0.214. The lowest BCUT2D eigenvalue weighted by Crippen LogP contribution is -2.40. The quantitative estimate of drug-likeness (QED) is 0.654. The Balaban J connectivity index is 2.14. The van der Waals surface area contributed by atoms with Gasteiger partial charge in [-0.2, -0.15) is 13.2 Å². The number of alkyl halides is 4. The Morgan fingerprint density at radius 1 is 1.26 bits per heavy atom. The highest BCUT2D eigenvalue weighted by Crippen LogP contribution is 2.43. The van der Waals surface area contributed by atoms with E-state index in [-0.39, 0.29) is 17.4 Å². The van der Waals surface area contributed by atoms with E-state index in [4.69, 9.17) is 11.6 Å². The van der Waals surface area contributed by atoms with Gasteiger partial charge >= 0.3 is 6.18 Å². The Kier molecular flexibility index (Phi) is 3.81. The van der Waals surface area contributed by atoms with Crippen molar-refractivity contribution in [1.82, 2.24) is 4.98 Å². The van der Waals surface area contributed by atoms with Crippen molar-refractivity contribution in [3.8, 4) is 0 Å². The lowest BCUT2D eigenvalue weighted by Gasteiger charge is -2.28. The van der Waals surface area contributed by atoms with Crippen molar-refractivity contribution in [1.29, 1.82) is 0 Å². The van der Waals surface area contributed by atoms with Gasteiger partial charge in [-0.1, -0.05) is 0 Å². The molecule has 9 heteroatoms. The maximum atomic E-state index is 13.5. The number of nitrogens with zero attached hydrogens (tertiary/aromatic N) is 3. The fourth-order valence-corrected chi connectivity index (χ4v) is 2.76. The average molecular weight is 348 g/mol. The molecule has 3 rings (SSSR count). The van der Waals surface area contributed by atoms with Gasteiger partial charge in [0.1, 0.15) is 12.0 Å². The highest BCUT2D eigenvalue weighted by atomic mass is 35.5. The molecule has 122 valence electrons. The summed E-state index contributed by atoms with van der Waals surface area (Å²) in [5.41, 5.74) is -0.958. The van der Waals surface area contributed by atoms with E-state index in [0.29, 0.717) is 11.8 Å². The zero-order chi connectivity index (χ0) is 16.8. The van der Waals surface area contributed by atoms with Crippen LogP contribution in [0.25, 0.3) is 0 Å². The predicted octanol–water partition coefficient (Wildman–Crippen LogP) is 4.15. The number of hydrogen-bond donors (Lipinski definition) is 1. The summed E-state index contributed by atoms with van der Waals surface area (Å²) < 4.78 is 52.2. The van der Waals surface area contributed by atoms with Crippen LogP contribution in [-0.4, -0.2) is 22.2 Å². The van der Waals surface area contributed by atoms with Crippen LogP contribution >= 0.6 is 11.6 Å². The Bertz CT molecular complexity index is 740. The lowest BCUT2D eigenvalue weighted by atomic mass is 10.1. The number of halogens is 5. The molecule has 1 aliphatic rings. The number of hydrogen-bond acceptors (Lipinski definition) is 4. The second-order valence-electron chi connectivity index (χ2n) is 4.86. The van der Waals surface area contributed by atoms with Crippen LogP contribution in [0, 0.1) is 5.82 Å². The molecule has 1 atom stereocenters. The molecule has 0 aliphatic carbocycles. The predicted molar refractivity (Wildman–Crippen MR) is 76.6 cm³/mol. The molecule has 1 unspecified atom stereocenters. The van der Waals surface area contributed by atoms with E-state index in [2.05, 4.69) is 4.98 Å². The van der Waals surface area contributed by atoms with Gasteiger partial charge in [0.05, 0.1) is 17.1 Å². The Hall–Kier alpha value is -2.06. The zero-order valence-corrected chi connectivity index (χ0v) is 12.2. The van der Waals surface area contributed by atoms with E-state index < -0.39 is 23.7 Å². The molecule has 0 bridgehead atoms. The largest absolute Gasteiger partial charge is 0.419 e. The van der Waals surface area contributed by atoms with Crippen LogP contribution in [0.4, 0.5) is 34.8 Å². The molecule has 2 aromatic rings. The minimum atomic E-state index is -4.83. The van der Waals surface area contributed by atoms with Crippen molar-refractivity contribution in [3.63, 3.8) is 0 Å². The van der Waals surface area contributed by atoms with Crippen molar-refractivity contribution in [2.24, 2.45) is 0 Å². The normalized spacial score (nSPS) is 17.6. The van der Waals surface area contributed by atoms with Crippen LogP contribution in [0.15, 0.2) is 36.5 Å². The van der Waals surface area contributed by atoms with E-state index in [9.17, 15) is 22.8 Å². The SMILES string of the molecule is ON1c2ncccc2N(c2ccc(F)c(C(F)(F)F)c2)C1CCl. The third-order valence-corrected chi connectivity index (χ3v) is 3.77. The molecule has 0 amide bonds. The highest BCUT2D eigenvalue weighted by Gasteiger charge is 2.39. The van der Waals surface area contributed by atoms with Crippen molar-refractivity contribution >= 4 is 28.8 Å². The summed E-state index contributed by atoms with van der Waals surface area (Å²) in [6.45, 7) is 0. The summed E-state index contributed by atoms with van der Waals surface area (Å²) >= 11 is 5.83. The first kappa shape index (κ1) is 15.8. The van der Waals surface area contributed by atoms with E-state index in [1.807, 2.05) is 0 Å². The minimum absolute atomic E-state index is 0.0511. The second-order valence-corrected chi connectivity index (χ2v) is 5.17. The molecule has 4 nitrogen and oxygen atoms in total. The van der Waals surface area contributed by atoms with Gasteiger partial charge in [-0.3, -0.25) is 5.21 Å². The number of aromatic nitrogens is 1. The van der Waals surface area contributed by atoms with E-state index in [0.717, 1.165) is 11.1 Å². The van der Waals surface area contributed by atoms with Crippen LogP contribution in [0.2, 0.25) is 0 Å². The maximum absolute atomic E-state index is 13.5. The highest BCUT2D eigenvalue weighted by molar-refractivity contribution is 6.19. The van der Waals surface area contributed by atoms with Gasteiger partial charge in [0.2, 0.25) is 0 Å². The molecule has 0 saturated heterocycles. The van der Waals surface area contributed by atoms with Crippen molar-refractivity contribution in [2.45, 2.75) is 12.3 Å². The average Bonchev–Trinajstić information content (AvgIpc) is 2.79. The van der Waals surface area contributed by atoms with E-state index in [1.54, 1.807) is 12.1 Å². The van der Waals surface area contributed by atoms with Gasteiger partial charge in [-0.25, -0.2) is 14.4 Å². The van der Waals surface area contributed by atoms with Crippen LogP contribution in [0.1, 0.15) is 5.56 Å². The number of hydroxylamine groups is 1. The number of fused-ring (bicyclic) bond motifs is 1. The molecular weight excluding hydrogens is 338 g/mol. The molecule has 1 aliphatic heterocycles. The van der Waals surface area contributed by atoms with Gasteiger partial charge in [0, 0.05) is 11.9 Å². The summed E-state index contributed by atoms with van der Waals surface area (Å²) in [6, 6.07) is 5.77. The Morgan fingerprint density at radius 2 is 2.00 bits per heavy atom. The fourth-order valence-electron chi connectivity index (χ4n) is 2.49. The van der Waals surface area contributed by atoms with Gasteiger partial charge < -0.3 is 4.90 Å². The summed E-state index contributed by atoms with van der Waals surface area (Å²) in [5.74, 6) is -1.31. The summed E-state index contributed by atoms with van der Waals surface area (Å²) in [6.07, 6.45) is -4.25. The number of benzene rings is 1. The van der Waals surface area contributed by atoms with Gasteiger partial charge in [0.15, 0.2) is 5.82 Å². The number of anilines is 3. The summed E-state index contributed by atoms with van der Waals surface area (Å²) in [7, 11) is 0. The topological polar surface area (TPSA) is 39.6 Å². The standard InChI is InChI=1S/C14H10ClF4N3O/c15-7-12-21(11-2-1-5-20-13(11)22(12)23)8-3-4-10(16)9(6-8)14(17,18)19/h1-6,12,23H,7H2. The molecule has 2 heterocycles. The van der Waals surface area contributed by atoms with Crippen LogP contribution < -0.4 is 9.96 Å². The maximum Gasteiger partial charge on any atom is 0.419 e. The zero-order valence-electron chi connectivity index (χ0n) is 11.4. The van der Waals surface area contributed by atoms with Crippen LogP contribution in [0.3, 0.4) is 0 Å². The minimum Gasteiger partial charge on any atom is -0.314 e. The molecule has 0 spiro atoms. The van der Waals surface area contributed by atoms with Gasteiger partial charge in [-0.15, -0.1) is 11.6 Å². The molecule has 0 fully saturated rings. The first-order valence-electron chi connectivity index (χ1n) is 6.49. The monoisotopic (exact) mass is 347 g/mol. The molecule has 0 saturated carbocycles. The Labute approximate surface area is 133 Å². The molecule has 0 radical (unpaired) electrons. The second kappa shape index (κ2) is 5.54. The van der Waals surface area contributed by atoms with Crippen molar-refractivity contribution < 1.29 is 22.8 Å². The molecule has 23 heavy (non-hydrogen) atoms. The lowest BCUT2D eigenvalue weighted by molar-refractivity contribution is -0.139. The van der Waals surface area contributed by atoms with E-state index in [1.165, 1.54) is 17.2 Å². The molecule has 1 N–H and O–H groups in total. The first-order valence-corrected chi connectivity index (χ1v) is 7.03. The molecule has 1 aromatic carbocycles. The van der Waals surface area contributed by atoms with Crippen LogP contribution in [-0.2, 0) is 6.18 Å². The van der Waals surface area contributed by atoms with Gasteiger partial charge in [-0.05, 0) is 30.3 Å². The molecule has 1 aromatic heterocycles. The van der Waals surface area contributed by atoms with E-state index >= 15 is 0 Å². The molecular formula is C14H10ClF4N3O. The Morgan fingerprint density at radius 3 is 2.65 bits per heavy atom. The summed E-state index contributed by atoms with van der Waals surface area (Å²) in [4.78, 5) is 5.36. The number of rotatable bonds is 2. The smallest absolute Gasteiger partial charge is 0.314 e. The summed E-state index contributed by atoms with van der Waals surface area (Å²) in [5, 5.41) is 10.9. The number of pyridine rings is 1. The van der Waals surface area contributed by atoms with Crippen molar-refractivity contribution in [3.05, 3.63) is 47.9 Å². The van der Waals surface area contributed by atoms with Gasteiger partial charge in [0.25, 0.3) is 0 Å². The third-order valence-electron chi connectivity index (χ3n) is 3.49. The van der Waals surface area contributed by atoms with Crippen molar-refractivity contribution in [2.75, 3.05) is 15.8 Å². The van der Waals surface area contributed by atoms with Crippen LogP contribution in [0.5, 0.6) is 0 Å².